The molecule has 1 atom stereocenters. The minimum Gasteiger partial charge on any atom is -0.481 e. The number of carboxylic acid groups (broad SMARTS) is 1. The van der Waals surface area contributed by atoms with Crippen LogP contribution in [0.15, 0.2) is 6.20 Å². The number of hydrogen-bond donors (Lipinski definition) is 1. The van der Waals surface area contributed by atoms with Crippen LogP contribution < -0.4 is 4.90 Å². The average molecular weight is 488 g/mol. The fourth-order valence-corrected chi connectivity index (χ4v) is 5.19. The zero-order valence-corrected chi connectivity index (χ0v) is 20.5. The normalized spacial score (nSPS) is 26.1. The molecule has 180 valence electrons. The largest absolute Gasteiger partial charge is 0.481 e. The van der Waals surface area contributed by atoms with Gasteiger partial charge in [-0.25, -0.2) is 9.78 Å². The summed E-state index contributed by atoms with van der Waals surface area (Å²) in [6.45, 7) is 4.71. The number of anilines is 1. The van der Waals surface area contributed by atoms with Gasteiger partial charge in [0.1, 0.15) is 0 Å². The van der Waals surface area contributed by atoms with Crippen LogP contribution in [0.25, 0.3) is 0 Å². The van der Waals surface area contributed by atoms with Gasteiger partial charge in [0.25, 0.3) is 0 Å². The Hall–Kier alpha value is -1.64. The summed E-state index contributed by atoms with van der Waals surface area (Å²) < 4.78 is 0. The Labute approximate surface area is 202 Å². The Kier molecular flexibility index (Phi) is 9.54. The van der Waals surface area contributed by atoms with Crippen LogP contribution in [0.1, 0.15) is 56.8 Å². The number of rotatable bonds is 5. The third-order valence-electron chi connectivity index (χ3n) is 7.01. The predicted octanol–water partition coefficient (Wildman–Crippen LogP) is 3.40. The van der Waals surface area contributed by atoms with Crippen molar-refractivity contribution in [3.63, 3.8) is 0 Å². The number of aromatic nitrogens is 2. The molecule has 2 amide bonds. The lowest BCUT2D eigenvalue weighted by Crippen LogP contribution is -2.44. The molecule has 0 bridgehead atoms. The maximum atomic E-state index is 13.3. The number of halogens is 2. The number of carbonyl (C=O) groups is 2. The zero-order chi connectivity index (χ0) is 21.3. The van der Waals surface area contributed by atoms with Gasteiger partial charge in [0, 0.05) is 51.0 Å². The molecule has 1 aromatic heterocycles. The summed E-state index contributed by atoms with van der Waals surface area (Å²) in [6.07, 6.45) is 8.44. The highest BCUT2D eigenvalue weighted by Crippen LogP contribution is 2.34. The molecule has 2 aliphatic heterocycles. The first-order valence-electron chi connectivity index (χ1n) is 11.3. The molecule has 1 saturated carbocycles. The molecule has 3 aliphatic rings. The topological polar surface area (TPSA) is 89.9 Å². The Bertz CT molecular complexity index is 804. The minimum atomic E-state index is -0.718. The number of urea groups is 1. The number of hydrogen-bond acceptors (Lipinski definition) is 5. The van der Waals surface area contributed by atoms with E-state index in [0.717, 1.165) is 69.4 Å². The molecule has 1 unspecified atom stereocenters. The average Bonchev–Trinajstić information content (AvgIpc) is 2.90. The van der Waals surface area contributed by atoms with Crippen LogP contribution in [0, 0.1) is 5.92 Å². The standard InChI is InChI=1S/C22H33N5O3.2ClH/c1-15-14-26(20-13-23-18-9-11-25(2)12-10-19(18)24-20)22(30)27(15)17-6-3-16(4-7-17)5-8-21(28)29;;/h13,15-17H,3-12,14H2,1-2H3,(H,28,29);2*1H. The van der Waals surface area contributed by atoms with E-state index in [1.54, 1.807) is 11.1 Å². The van der Waals surface area contributed by atoms with Gasteiger partial charge < -0.3 is 14.9 Å². The third-order valence-corrected chi connectivity index (χ3v) is 7.01. The van der Waals surface area contributed by atoms with Crippen molar-refractivity contribution < 1.29 is 14.7 Å². The minimum absolute atomic E-state index is 0. The highest BCUT2D eigenvalue weighted by atomic mass is 35.5. The molecule has 1 N–H and O–H groups in total. The van der Waals surface area contributed by atoms with Crippen molar-refractivity contribution in [3.8, 4) is 0 Å². The summed E-state index contributed by atoms with van der Waals surface area (Å²) in [5, 5.41) is 8.91. The summed E-state index contributed by atoms with van der Waals surface area (Å²) >= 11 is 0. The molecule has 0 radical (unpaired) electrons. The van der Waals surface area contributed by atoms with E-state index in [4.69, 9.17) is 10.1 Å². The number of carbonyl (C=O) groups excluding carboxylic acids is 1. The van der Waals surface area contributed by atoms with Crippen LogP contribution in [0.2, 0.25) is 0 Å². The quantitative estimate of drug-likeness (QED) is 0.684. The number of carboxylic acids is 1. The van der Waals surface area contributed by atoms with Crippen molar-refractivity contribution >= 4 is 42.6 Å². The van der Waals surface area contributed by atoms with Gasteiger partial charge in [0.05, 0.1) is 17.6 Å². The predicted molar refractivity (Wildman–Crippen MR) is 128 cm³/mol. The van der Waals surface area contributed by atoms with E-state index in [0.29, 0.717) is 18.3 Å². The van der Waals surface area contributed by atoms with Gasteiger partial charge in [-0.3, -0.25) is 14.7 Å². The summed E-state index contributed by atoms with van der Waals surface area (Å²) in [6, 6.07) is 0.419. The van der Waals surface area contributed by atoms with Gasteiger partial charge in [0.2, 0.25) is 0 Å². The highest BCUT2D eigenvalue weighted by molar-refractivity contribution is 5.93. The highest BCUT2D eigenvalue weighted by Gasteiger charge is 2.41. The molecule has 1 aromatic rings. The third kappa shape index (κ3) is 5.83. The zero-order valence-electron chi connectivity index (χ0n) is 18.9. The molecule has 32 heavy (non-hydrogen) atoms. The monoisotopic (exact) mass is 487 g/mol. The molecule has 1 saturated heterocycles. The molecular formula is C22H35Cl2N5O3. The van der Waals surface area contributed by atoms with E-state index < -0.39 is 5.97 Å². The van der Waals surface area contributed by atoms with Crippen LogP contribution in [0.5, 0.6) is 0 Å². The Morgan fingerprint density at radius 3 is 2.44 bits per heavy atom. The molecule has 0 aromatic carbocycles. The fourth-order valence-electron chi connectivity index (χ4n) is 5.19. The molecule has 1 aliphatic carbocycles. The van der Waals surface area contributed by atoms with Crippen molar-refractivity contribution in [1.82, 2.24) is 19.8 Å². The van der Waals surface area contributed by atoms with E-state index in [2.05, 4.69) is 23.9 Å². The Morgan fingerprint density at radius 2 is 1.78 bits per heavy atom. The molecule has 8 nitrogen and oxygen atoms in total. The van der Waals surface area contributed by atoms with Crippen LogP contribution in [-0.2, 0) is 17.6 Å². The molecule has 4 rings (SSSR count). The SMILES string of the molecule is CC1CN(c2cnc3c(n2)CCN(C)CC3)C(=O)N1C1CCC(CCC(=O)O)CC1.Cl.Cl. The van der Waals surface area contributed by atoms with Gasteiger partial charge in [-0.15, -0.1) is 24.8 Å². The first kappa shape index (κ1) is 26.6. The summed E-state index contributed by atoms with van der Waals surface area (Å²) in [5.74, 6) is 0.424. The van der Waals surface area contributed by atoms with Crippen molar-refractivity contribution in [3.05, 3.63) is 17.6 Å². The van der Waals surface area contributed by atoms with E-state index in [-0.39, 0.29) is 49.3 Å². The molecular weight excluding hydrogens is 453 g/mol. The van der Waals surface area contributed by atoms with Crippen molar-refractivity contribution in [2.24, 2.45) is 5.92 Å². The first-order valence-corrected chi connectivity index (χ1v) is 11.3. The second kappa shape index (κ2) is 11.5. The Balaban J connectivity index is 0.00000181. The summed E-state index contributed by atoms with van der Waals surface area (Å²) in [4.78, 5) is 39.7. The lowest BCUT2D eigenvalue weighted by Gasteiger charge is -2.36. The van der Waals surface area contributed by atoms with Crippen LogP contribution >= 0.6 is 24.8 Å². The number of likely N-dealkylation sites (N-methyl/N-ethyl adjacent to an activating group) is 1. The van der Waals surface area contributed by atoms with Crippen LogP contribution in [0.3, 0.4) is 0 Å². The second-order valence-electron chi connectivity index (χ2n) is 9.18. The summed E-state index contributed by atoms with van der Waals surface area (Å²) in [7, 11) is 2.12. The van der Waals surface area contributed by atoms with Gasteiger partial charge >= 0.3 is 12.0 Å². The maximum absolute atomic E-state index is 13.3. The smallest absolute Gasteiger partial charge is 0.326 e. The van der Waals surface area contributed by atoms with Crippen molar-refractivity contribution in [1.29, 1.82) is 0 Å². The molecule has 10 heteroatoms. The van der Waals surface area contributed by atoms with Gasteiger partial charge in [-0.1, -0.05) is 0 Å². The van der Waals surface area contributed by atoms with Gasteiger partial charge in [-0.2, -0.15) is 0 Å². The number of aliphatic carboxylic acids is 1. The van der Waals surface area contributed by atoms with Crippen molar-refractivity contribution in [2.45, 2.75) is 70.4 Å². The van der Waals surface area contributed by atoms with Gasteiger partial charge in [0.15, 0.2) is 5.82 Å². The maximum Gasteiger partial charge on any atom is 0.326 e. The molecule has 0 spiro atoms. The molecule has 2 fully saturated rings. The fraction of sp³-hybridized carbons (Fsp3) is 0.727. The van der Waals surface area contributed by atoms with E-state index in [1.807, 2.05) is 4.90 Å². The first-order chi connectivity index (χ1) is 14.4. The van der Waals surface area contributed by atoms with Gasteiger partial charge in [-0.05, 0) is 52.0 Å². The van der Waals surface area contributed by atoms with Crippen LogP contribution in [-0.4, -0.2) is 75.6 Å². The van der Waals surface area contributed by atoms with E-state index in [1.165, 1.54) is 0 Å². The number of fused-ring (bicyclic) bond motifs is 1. The molecule has 3 heterocycles. The van der Waals surface area contributed by atoms with Crippen LogP contribution in [0.4, 0.5) is 10.6 Å². The second-order valence-corrected chi connectivity index (χ2v) is 9.18. The lowest BCUT2D eigenvalue weighted by atomic mass is 9.82. The number of nitrogens with zero attached hydrogens (tertiary/aromatic N) is 5. The van der Waals surface area contributed by atoms with E-state index >= 15 is 0 Å². The lowest BCUT2D eigenvalue weighted by molar-refractivity contribution is -0.137. The number of amides is 2. The van der Waals surface area contributed by atoms with Crippen molar-refractivity contribution in [2.75, 3.05) is 31.6 Å². The Morgan fingerprint density at radius 1 is 1.12 bits per heavy atom. The summed E-state index contributed by atoms with van der Waals surface area (Å²) in [5.41, 5.74) is 2.08. The van der Waals surface area contributed by atoms with E-state index in [9.17, 15) is 9.59 Å².